The first kappa shape index (κ1) is 13.7. The van der Waals surface area contributed by atoms with E-state index in [1.165, 1.54) is 36.5 Å². The van der Waals surface area contributed by atoms with E-state index >= 15 is 0 Å². The highest BCUT2D eigenvalue weighted by Crippen LogP contribution is 2.35. The third-order valence-electron chi connectivity index (χ3n) is 4.33. The second-order valence-corrected chi connectivity index (χ2v) is 8.03. The standard InChI is InChI=1S/C21H19S/c1-21(2,3)16-9-11-19-15(12-16)13-18-17-7-5-4-6-14(17)8-10-20(18)22-19/h4-13H,1-3H3/q+1. The molecule has 0 aliphatic rings. The van der Waals surface area contributed by atoms with Crippen LogP contribution < -0.4 is 0 Å². The summed E-state index contributed by atoms with van der Waals surface area (Å²) in [6.45, 7) is 6.82. The Bertz CT molecular complexity index is 1010. The van der Waals surface area contributed by atoms with Crippen molar-refractivity contribution in [1.29, 1.82) is 0 Å². The average molecular weight is 303 g/mol. The summed E-state index contributed by atoms with van der Waals surface area (Å²) >= 11 is 1.89. The maximum Gasteiger partial charge on any atom is 0.239 e. The van der Waals surface area contributed by atoms with Crippen LogP contribution >= 0.6 is 11.3 Å². The zero-order valence-corrected chi connectivity index (χ0v) is 14.0. The van der Waals surface area contributed by atoms with Crippen LogP contribution in [0.15, 0.2) is 60.7 Å². The minimum atomic E-state index is 0.187. The van der Waals surface area contributed by atoms with E-state index in [9.17, 15) is 0 Å². The third-order valence-corrected chi connectivity index (χ3v) is 5.49. The van der Waals surface area contributed by atoms with E-state index in [0.717, 1.165) is 0 Å². The Hall–Kier alpha value is -1.99. The second-order valence-electron chi connectivity index (χ2n) is 6.95. The molecule has 4 aromatic rings. The van der Waals surface area contributed by atoms with Crippen LogP contribution in [0, 0.1) is 0 Å². The molecule has 0 saturated carbocycles. The van der Waals surface area contributed by atoms with Gasteiger partial charge in [0.1, 0.15) is 0 Å². The zero-order valence-electron chi connectivity index (χ0n) is 13.2. The number of rotatable bonds is 0. The summed E-state index contributed by atoms with van der Waals surface area (Å²) < 4.78 is 2.71. The summed E-state index contributed by atoms with van der Waals surface area (Å²) in [4.78, 5) is 0. The van der Waals surface area contributed by atoms with Gasteiger partial charge in [0, 0.05) is 22.9 Å². The largest absolute Gasteiger partial charge is 0.239 e. The molecule has 1 aromatic heterocycles. The molecule has 4 rings (SSSR count). The molecule has 0 spiro atoms. The highest BCUT2D eigenvalue weighted by atomic mass is 32.1. The summed E-state index contributed by atoms with van der Waals surface area (Å²) in [6, 6.07) is 22.4. The molecule has 3 aromatic carbocycles. The zero-order chi connectivity index (χ0) is 15.3. The van der Waals surface area contributed by atoms with Crippen LogP contribution in [0.3, 0.4) is 0 Å². The number of benzene rings is 3. The van der Waals surface area contributed by atoms with Gasteiger partial charge in [-0.15, -0.1) is 0 Å². The molecule has 0 nitrogen and oxygen atoms in total. The van der Waals surface area contributed by atoms with Crippen molar-refractivity contribution >= 4 is 42.3 Å². The fraction of sp³-hybridized carbons (Fsp3) is 0.190. The van der Waals surface area contributed by atoms with Crippen molar-refractivity contribution < 1.29 is 0 Å². The average Bonchev–Trinajstić information content (AvgIpc) is 2.51. The van der Waals surface area contributed by atoms with E-state index in [1.807, 2.05) is 11.3 Å². The molecular weight excluding hydrogens is 284 g/mol. The Kier molecular flexibility index (Phi) is 2.95. The summed E-state index contributed by atoms with van der Waals surface area (Å²) in [5.41, 5.74) is 1.58. The highest BCUT2D eigenvalue weighted by Gasteiger charge is 2.18. The van der Waals surface area contributed by atoms with Gasteiger partial charge in [-0.2, -0.15) is 0 Å². The number of hydrogen-bond donors (Lipinski definition) is 0. The molecule has 108 valence electrons. The van der Waals surface area contributed by atoms with Gasteiger partial charge in [-0.25, -0.2) is 0 Å². The molecule has 0 amide bonds. The van der Waals surface area contributed by atoms with E-state index < -0.39 is 0 Å². The molecule has 0 aliphatic heterocycles. The van der Waals surface area contributed by atoms with Crippen molar-refractivity contribution in [1.82, 2.24) is 0 Å². The SMILES string of the molecule is CC(C)(C)c1ccc2[s+]c3ccc4ccccc4c3cc2c1. The summed E-state index contributed by atoms with van der Waals surface area (Å²) in [5, 5.41) is 5.37. The fourth-order valence-corrected chi connectivity index (χ4v) is 4.03. The Morgan fingerprint density at radius 1 is 0.682 bits per heavy atom. The smallest absolute Gasteiger partial charge is 0.0616 e. The molecular formula is C21H19S+. The lowest BCUT2D eigenvalue weighted by molar-refractivity contribution is 0.591. The topological polar surface area (TPSA) is 0 Å². The van der Waals surface area contributed by atoms with Crippen molar-refractivity contribution in [3.05, 3.63) is 66.2 Å². The van der Waals surface area contributed by atoms with E-state index in [-0.39, 0.29) is 5.41 Å². The first-order valence-corrected chi connectivity index (χ1v) is 8.53. The van der Waals surface area contributed by atoms with Crippen LogP contribution in [0.4, 0.5) is 0 Å². The maximum atomic E-state index is 2.36. The molecule has 0 atom stereocenters. The van der Waals surface area contributed by atoms with Gasteiger partial charge in [-0.3, -0.25) is 0 Å². The van der Waals surface area contributed by atoms with Crippen LogP contribution in [0.1, 0.15) is 26.3 Å². The monoisotopic (exact) mass is 303 g/mol. The molecule has 0 radical (unpaired) electrons. The van der Waals surface area contributed by atoms with Gasteiger partial charge in [0.15, 0.2) is 0 Å². The van der Waals surface area contributed by atoms with Crippen molar-refractivity contribution in [3.8, 4) is 0 Å². The predicted octanol–water partition coefficient (Wildman–Crippen LogP) is 6.79. The normalized spacial score (nSPS) is 12.3. The van der Waals surface area contributed by atoms with E-state index in [0.29, 0.717) is 0 Å². The Labute approximate surface area is 135 Å². The van der Waals surface area contributed by atoms with Crippen LogP contribution in [0.2, 0.25) is 0 Å². The van der Waals surface area contributed by atoms with Crippen molar-refractivity contribution in [2.75, 3.05) is 0 Å². The van der Waals surface area contributed by atoms with Gasteiger partial charge >= 0.3 is 0 Å². The second kappa shape index (κ2) is 4.76. The van der Waals surface area contributed by atoms with Gasteiger partial charge in [0.2, 0.25) is 20.7 Å². The quantitative estimate of drug-likeness (QED) is 0.191. The summed E-state index contributed by atoms with van der Waals surface area (Å²) in [7, 11) is 0. The first-order chi connectivity index (χ1) is 10.5. The molecule has 0 unspecified atom stereocenters. The summed E-state index contributed by atoms with van der Waals surface area (Å²) in [5.74, 6) is 0. The molecule has 22 heavy (non-hydrogen) atoms. The number of hydrogen-bond acceptors (Lipinski definition) is 0. The Morgan fingerprint density at radius 3 is 2.27 bits per heavy atom. The molecule has 0 fully saturated rings. The predicted molar refractivity (Wildman–Crippen MR) is 99.9 cm³/mol. The molecule has 0 aliphatic carbocycles. The van der Waals surface area contributed by atoms with Crippen LogP contribution in [0.25, 0.3) is 30.9 Å². The highest BCUT2D eigenvalue weighted by molar-refractivity contribution is 7.24. The number of fused-ring (bicyclic) bond motifs is 4. The lowest BCUT2D eigenvalue weighted by Gasteiger charge is -2.18. The van der Waals surface area contributed by atoms with Crippen LogP contribution in [0.5, 0.6) is 0 Å². The lowest BCUT2D eigenvalue weighted by Crippen LogP contribution is -2.10. The van der Waals surface area contributed by atoms with Gasteiger partial charge < -0.3 is 0 Å². The van der Waals surface area contributed by atoms with Crippen LogP contribution in [-0.4, -0.2) is 0 Å². The van der Waals surface area contributed by atoms with Gasteiger partial charge in [-0.1, -0.05) is 51.1 Å². The molecule has 1 heteroatoms. The molecule has 0 N–H and O–H groups in total. The van der Waals surface area contributed by atoms with E-state index in [4.69, 9.17) is 0 Å². The van der Waals surface area contributed by atoms with Crippen molar-refractivity contribution in [2.45, 2.75) is 26.2 Å². The minimum Gasteiger partial charge on any atom is -0.0616 e. The molecule has 0 bridgehead atoms. The van der Waals surface area contributed by atoms with Gasteiger partial charge in [0.05, 0.1) is 0 Å². The summed E-state index contributed by atoms with van der Waals surface area (Å²) in [6.07, 6.45) is 0. The first-order valence-electron chi connectivity index (χ1n) is 7.71. The maximum absolute atomic E-state index is 2.36. The van der Waals surface area contributed by atoms with Gasteiger partial charge in [-0.05, 0) is 39.9 Å². The van der Waals surface area contributed by atoms with E-state index in [2.05, 4.69) is 81.4 Å². The van der Waals surface area contributed by atoms with Crippen molar-refractivity contribution in [3.63, 3.8) is 0 Å². The van der Waals surface area contributed by atoms with Crippen LogP contribution in [-0.2, 0) is 5.41 Å². The lowest BCUT2D eigenvalue weighted by atomic mass is 9.86. The molecule has 1 heterocycles. The van der Waals surface area contributed by atoms with E-state index in [1.54, 1.807) is 0 Å². The minimum absolute atomic E-state index is 0.187. The third kappa shape index (κ3) is 2.17. The van der Waals surface area contributed by atoms with Crippen molar-refractivity contribution in [2.24, 2.45) is 0 Å². The molecule has 0 saturated heterocycles. The fourth-order valence-electron chi connectivity index (χ4n) is 3.01. The Balaban J connectivity index is 2.10. The Morgan fingerprint density at radius 2 is 1.45 bits per heavy atom. The van der Waals surface area contributed by atoms with Gasteiger partial charge in [0.25, 0.3) is 0 Å².